The summed E-state index contributed by atoms with van der Waals surface area (Å²) >= 11 is 15.9. The van der Waals surface area contributed by atoms with E-state index in [-0.39, 0.29) is 0 Å². The highest BCUT2D eigenvalue weighted by Crippen LogP contribution is 2.38. The van der Waals surface area contributed by atoms with E-state index in [4.69, 9.17) is 28.9 Å². The van der Waals surface area contributed by atoms with Crippen LogP contribution in [0.4, 0.5) is 5.82 Å². The van der Waals surface area contributed by atoms with Crippen molar-refractivity contribution in [3.8, 4) is 11.3 Å². The van der Waals surface area contributed by atoms with Gasteiger partial charge in [0.1, 0.15) is 17.2 Å². The number of imidazole rings is 1. The average Bonchev–Trinajstić information content (AvgIpc) is 2.68. The molecule has 20 heavy (non-hydrogen) atoms. The molecule has 0 aliphatic carbocycles. The number of hydrogen-bond donors (Lipinski definition) is 1. The number of benzene rings is 1. The van der Waals surface area contributed by atoms with Crippen LogP contribution in [-0.2, 0) is 0 Å². The van der Waals surface area contributed by atoms with E-state index in [1.807, 2.05) is 23.6 Å². The highest BCUT2D eigenvalue weighted by Gasteiger charge is 2.18. The van der Waals surface area contributed by atoms with Crippen LogP contribution in [0.1, 0.15) is 5.56 Å². The first kappa shape index (κ1) is 13.7. The van der Waals surface area contributed by atoms with Crippen molar-refractivity contribution in [2.75, 3.05) is 5.73 Å². The molecular formula is C14H10BrCl2N3. The van der Waals surface area contributed by atoms with Gasteiger partial charge >= 0.3 is 0 Å². The fourth-order valence-corrected chi connectivity index (χ4v) is 3.32. The summed E-state index contributed by atoms with van der Waals surface area (Å²) in [6.07, 6.45) is 1.87. The van der Waals surface area contributed by atoms with Crippen molar-refractivity contribution < 1.29 is 0 Å². The SMILES string of the molecule is Cc1cc(Br)cn2c(N)c(-c3c(Cl)cccc3Cl)nc12. The van der Waals surface area contributed by atoms with Crippen LogP contribution in [0.3, 0.4) is 0 Å². The van der Waals surface area contributed by atoms with Crippen molar-refractivity contribution in [3.63, 3.8) is 0 Å². The van der Waals surface area contributed by atoms with Crippen molar-refractivity contribution >= 4 is 50.6 Å². The van der Waals surface area contributed by atoms with Gasteiger partial charge in [0.05, 0.1) is 10.0 Å². The van der Waals surface area contributed by atoms with Gasteiger partial charge in [-0.15, -0.1) is 0 Å². The zero-order valence-electron chi connectivity index (χ0n) is 10.5. The molecule has 0 spiro atoms. The first-order valence-corrected chi connectivity index (χ1v) is 7.42. The minimum absolute atomic E-state index is 0.513. The monoisotopic (exact) mass is 369 g/mol. The minimum atomic E-state index is 0.513. The minimum Gasteiger partial charge on any atom is -0.383 e. The van der Waals surface area contributed by atoms with Crippen LogP contribution in [0.5, 0.6) is 0 Å². The fraction of sp³-hybridized carbons (Fsp3) is 0.0714. The van der Waals surface area contributed by atoms with Crippen LogP contribution in [0.15, 0.2) is 34.9 Å². The summed E-state index contributed by atoms with van der Waals surface area (Å²) < 4.78 is 2.76. The number of aryl methyl sites for hydroxylation is 1. The predicted octanol–water partition coefficient (Wildman–Crippen LogP) is 4.96. The number of pyridine rings is 1. The summed E-state index contributed by atoms with van der Waals surface area (Å²) in [6, 6.07) is 7.33. The molecule has 0 atom stereocenters. The fourth-order valence-electron chi connectivity index (χ4n) is 2.19. The molecule has 6 heteroatoms. The van der Waals surface area contributed by atoms with Crippen molar-refractivity contribution in [2.45, 2.75) is 6.92 Å². The van der Waals surface area contributed by atoms with Crippen LogP contribution in [-0.4, -0.2) is 9.38 Å². The molecule has 2 N–H and O–H groups in total. The Labute approximate surface area is 134 Å². The zero-order valence-corrected chi connectivity index (χ0v) is 13.6. The maximum Gasteiger partial charge on any atom is 0.142 e. The summed E-state index contributed by atoms with van der Waals surface area (Å²) in [7, 11) is 0. The number of hydrogen-bond acceptors (Lipinski definition) is 2. The predicted molar refractivity (Wildman–Crippen MR) is 87.5 cm³/mol. The third kappa shape index (κ3) is 2.08. The standard InChI is InChI=1S/C14H10BrCl2N3/c1-7-5-8(15)6-20-13(18)12(19-14(7)20)11-9(16)3-2-4-10(11)17/h2-6H,18H2,1H3. The highest BCUT2D eigenvalue weighted by atomic mass is 79.9. The van der Waals surface area contributed by atoms with Crippen molar-refractivity contribution in [1.29, 1.82) is 0 Å². The summed E-state index contributed by atoms with van der Waals surface area (Å²) in [4.78, 5) is 4.59. The highest BCUT2D eigenvalue weighted by molar-refractivity contribution is 9.10. The lowest BCUT2D eigenvalue weighted by Gasteiger charge is -2.04. The Bertz CT molecular complexity index is 807. The first-order valence-electron chi connectivity index (χ1n) is 5.87. The Morgan fingerprint density at radius 2 is 1.90 bits per heavy atom. The van der Waals surface area contributed by atoms with E-state index in [1.54, 1.807) is 18.2 Å². The molecule has 0 amide bonds. The van der Waals surface area contributed by atoms with Crippen LogP contribution in [0.25, 0.3) is 16.9 Å². The van der Waals surface area contributed by atoms with Gasteiger partial charge in [-0.3, -0.25) is 4.40 Å². The van der Waals surface area contributed by atoms with Gasteiger partial charge in [-0.25, -0.2) is 4.98 Å². The zero-order chi connectivity index (χ0) is 14.4. The Balaban J connectivity index is 2.39. The van der Waals surface area contributed by atoms with E-state index >= 15 is 0 Å². The van der Waals surface area contributed by atoms with E-state index in [0.29, 0.717) is 27.1 Å². The number of aromatic nitrogens is 2. The van der Waals surface area contributed by atoms with Crippen LogP contribution in [0.2, 0.25) is 10.0 Å². The maximum atomic E-state index is 6.24. The molecular weight excluding hydrogens is 361 g/mol. The molecule has 0 aliphatic heterocycles. The van der Waals surface area contributed by atoms with Crippen LogP contribution < -0.4 is 5.73 Å². The number of nitrogens with zero attached hydrogens (tertiary/aromatic N) is 2. The second-order valence-corrected chi connectivity index (χ2v) is 6.21. The smallest absolute Gasteiger partial charge is 0.142 e. The van der Waals surface area contributed by atoms with Crippen molar-refractivity contribution in [2.24, 2.45) is 0 Å². The van der Waals surface area contributed by atoms with Gasteiger partial charge in [-0.1, -0.05) is 29.3 Å². The topological polar surface area (TPSA) is 43.3 Å². The molecule has 0 aliphatic rings. The van der Waals surface area contributed by atoms with E-state index in [1.165, 1.54) is 0 Å². The summed E-state index contributed by atoms with van der Waals surface area (Å²) in [5.41, 5.74) is 9.27. The molecule has 0 unspecified atom stereocenters. The molecule has 102 valence electrons. The number of rotatable bonds is 1. The van der Waals surface area contributed by atoms with Crippen molar-refractivity contribution in [1.82, 2.24) is 9.38 Å². The Morgan fingerprint density at radius 1 is 1.25 bits per heavy atom. The summed E-state index contributed by atoms with van der Waals surface area (Å²) in [5.74, 6) is 0.513. The van der Waals surface area contributed by atoms with E-state index in [9.17, 15) is 0 Å². The quantitative estimate of drug-likeness (QED) is 0.657. The molecule has 0 saturated carbocycles. The van der Waals surface area contributed by atoms with Gasteiger partial charge in [-0.2, -0.15) is 0 Å². The average molecular weight is 371 g/mol. The molecule has 0 fully saturated rings. The van der Waals surface area contributed by atoms with Crippen LogP contribution >= 0.6 is 39.1 Å². The Hall–Kier alpha value is -1.23. The molecule has 0 saturated heterocycles. The number of anilines is 1. The third-order valence-corrected chi connectivity index (χ3v) is 4.17. The normalized spacial score (nSPS) is 11.2. The van der Waals surface area contributed by atoms with Crippen molar-refractivity contribution in [3.05, 3.63) is 50.5 Å². The lowest BCUT2D eigenvalue weighted by Crippen LogP contribution is -1.95. The van der Waals surface area contributed by atoms with Gasteiger partial charge in [0.2, 0.25) is 0 Å². The lowest BCUT2D eigenvalue weighted by atomic mass is 10.1. The second kappa shape index (κ2) is 4.95. The van der Waals surface area contributed by atoms with E-state index < -0.39 is 0 Å². The molecule has 0 bridgehead atoms. The summed E-state index contributed by atoms with van der Waals surface area (Å²) in [6.45, 7) is 1.98. The number of nitrogen functional groups attached to an aromatic ring is 1. The van der Waals surface area contributed by atoms with Crippen LogP contribution in [0, 0.1) is 6.92 Å². The molecule has 2 heterocycles. The number of fused-ring (bicyclic) bond motifs is 1. The van der Waals surface area contributed by atoms with E-state index in [0.717, 1.165) is 15.7 Å². The first-order chi connectivity index (χ1) is 9.49. The van der Waals surface area contributed by atoms with Gasteiger partial charge in [0.15, 0.2) is 0 Å². The number of halogens is 3. The van der Waals surface area contributed by atoms with E-state index in [2.05, 4.69) is 20.9 Å². The molecule has 3 rings (SSSR count). The largest absolute Gasteiger partial charge is 0.383 e. The third-order valence-electron chi connectivity index (χ3n) is 3.11. The molecule has 1 aromatic carbocycles. The Kier molecular flexibility index (Phi) is 3.40. The molecule has 2 aromatic heterocycles. The molecule has 0 radical (unpaired) electrons. The second-order valence-electron chi connectivity index (χ2n) is 4.48. The van der Waals surface area contributed by atoms with Gasteiger partial charge in [-0.05, 0) is 46.6 Å². The summed E-state index contributed by atoms with van der Waals surface area (Å²) in [5, 5.41) is 1.06. The van der Waals surface area contributed by atoms with Gasteiger partial charge < -0.3 is 5.73 Å². The molecule has 3 aromatic rings. The van der Waals surface area contributed by atoms with Gasteiger partial charge in [0.25, 0.3) is 0 Å². The molecule has 3 nitrogen and oxygen atoms in total. The number of nitrogens with two attached hydrogens (primary N) is 1. The van der Waals surface area contributed by atoms with Gasteiger partial charge in [0, 0.05) is 16.2 Å². The lowest BCUT2D eigenvalue weighted by molar-refractivity contribution is 1.16. The maximum absolute atomic E-state index is 6.24. The Morgan fingerprint density at radius 3 is 2.55 bits per heavy atom.